The van der Waals surface area contributed by atoms with E-state index in [9.17, 15) is 9.18 Å². The van der Waals surface area contributed by atoms with Crippen molar-refractivity contribution in [3.05, 3.63) is 36.1 Å². The number of methoxy groups -OCH3 is 2. The smallest absolute Gasteiger partial charge is 0.323 e. The lowest BCUT2D eigenvalue weighted by Gasteiger charge is -2.23. The normalized spacial score (nSPS) is 27.8. The van der Waals surface area contributed by atoms with Crippen molar-refractivity contribution in [2.45, 2.75) is 37.2 Å². The van der Waals surface area contributed by atoms with Gasteiger partial charge >= 0.3 is 6.01 Å². The van der Waals surface area contributed by atoms with Gasteiger partial charge in [0.1, 0.15) is 11.9 Å². The molecule has 1 aromatic carbocycles. The maximum atomic E-state index is 13.2. The van der Waals surface area contributed by atoms with Crippen molar-refractivity contribution >= 4 is 16.9 Å². The van der Waals surface area contributed by atoms with Gasteiger partial charge in [-0.05, 0) is 48.9 Å². The third-order valence-corrected chi connectivity index (χ3v) is 6.90. The number of nitrogens with zero attached hydrogens (tertiary/aromatic N) is 2. The zero-order valence-electron chi connectivity index (χ0n) is 15.9. The molecule has 1 aromatic heterocycles. The molecule has 148 valence electrons. The van der Waals surface area contributed by atoms with E-state index in [-0.39, 0.29) is 28.5 Å². The Bertz CT molecular complexity index is 887. The molecule has 2 saturated carbocycles. The Balaban J connectivity index is 1.56. The van der Waals surface area contributed by atoms with E-state index < -0.39 is 5.41 Å². The van der Waals surface area contributed by atoms with E-state index in [1.807, 2.05) is 0 Å². The lowest BCUT2D eigenvalue weighted by molar-refractivity contribution is -0.119. The number of hydrogen-bond donors (Lipinski definition) is 0. The van der Waals surface area contributed by atoms with Crippen molar-refractivity contribution in [1.29, 1.82) is 0 Å². The number of rotatable bonds is 6. The first-order valence-electron chi connectivity index (χ1n) is 9.02. The first kappa shape index (κ1) is 19.0. The van der Waals surface area contributed by atoms with Crippen LogP contribution in [0.3, 0.4) is 0 Å². The minimum absolute atomic E-state index is 0.0407. The Labute approximate surface area is 166 Å². The van der Waals surface area contributed by atoms with Gasteiger partial charge in [0.25, 0.3) is 0 Å². The van der Waals surface area contributed by atoms with Crippen LogP contribution in [0.1, 0.15) is 26.2 Å². The van der Waals surface area contributed by atoms with E-state index in [1.54, 1.807) is 18.2 Å². The zero-order chi connectivity index (χ0) is 19.9. The van der Waals surface area contributed by atoms with Crippen LogP contribution in [0.15, 0.2) is 35.2 Å². The fourth-order valence-corrected chi connectivity index (χ4v) is 5.28. The minimum Gasteiger partial charge on any atom is -0.481 e. The van der Waals surface area contributed by atoms with Crippen LogP contribution in [0.5, 0.6) is 17.8 Å². The first-order chi connectivity index (χ1) is 13.4. The Hall–Kier alpha value is -2.35. The van der Waals surface area contributed by atoms with Crippen molar-refractivity contribution < 1.29 is 23.4 Å². The summed E-state index contributed by atoms with van der Waals surface area (Å²) >= 11 is 1.14. The summed E-state index contributed by atoms with van der Waals surface area (Å²) in [5, 5.41) is 0.0407. The number of fused-ring (bicyclic) bond motifs is 1. The average Bonchev–Trinajstić information content (AvgIpc) is 3.24. The summed E-state index contributed by atoms with van der Waals surface area (Å²) in [6.45, 7) is 2.12. The standard InChI is InChI=1S/C20H21FN2O4S/c1-19-9-8-14(27-18-22-15(25-2)10-16(23-18)26-3)20(19,11-19)17(24)28-13-6-4-12(21)5-7-13/h4-7,10,14H,8-9,11H2,1-3H3. The highest BCUT2D eigenvalue weighted by atomic mass is 32.2. The van der Waals surface area contributed by atoms with Gasteiger partial charge in [0.05, 0.1) is 25.7 Å². The summed E-state index contributed by atoms with van der Waals surface area (Å²) in [4.78, 5) is 22.4. The molecule has 1 heterocycles. The van der Waals surface area contributed by atoms with Gasteiger partial charge in [-0.25, -0.2) is 4.39 Å². The molecule has 2 fully saturated rings. The minimum atomic E-state index is -0.592. The summed E-state index contributed by atoms with van der Waals surface area (Å²) < 4.78 is 29.6. The van der Waals surface area contributed by atoms with Gasteiger partial charge in [0.2, 0.25) is 16.9 Å². The van der Waals surface area contributed by atoms with Crippen LogP contribution in [0, 0.1) is 16.6 Å². The predicted molar refractivity (Wildman–Crippen MR) is 101 cm³/mol. The highest BCUT2D eigenvalue weighted by molar-refractivity contribution is 8.13. The van der Waals surface area contributed by atoms with E-state index in [0.717, 1.165) is 35.9 Å². The highest BCUT2D eigenvalue weighted by Crippen LogP contribution is 2.75. The quantitative estimate of drug-likeness (QED) is 0.677. The summed E-state index contributed by atoms with van der Waals surface area (Å²) in [6, 6.07) is 7.66. The first-order valence-corrected chi connectivity index (χ1v) is 9.83. The molecular formula is C20H21FN2O4S. The number of ether oxygens (including phenoxy) is 3. The Morgan fingerprint density at radius 2 is 1.82 bits per heavy atom. The number of thioether (sulfide) groups is 1. The lowest BCUT2D eigenvalue weighted by Crippen LogP contribution is -2.33. The van der Waals surface area contributed by atoms with Gasteiger partial charge in [0, 0.05) is 4.90 Å². The van der Waals surface area contributed by atoms with Crippen molar-refractivity contribution in [3.8, 4) is 17.8 Å². The molecule has 0 saturated heterocycles. The molecule has 0 N–H and O–H groups in total. The van der Waals surface area contributed by atoms with Crippen molar-refractivity contribution in [3.63, 3.8) is 0 Å². The van der Waals surface area contributed by atoms with Crippen LogP contribution in [0.25, 0.3) is 0 Å². The second-order valence-electron chi connectivity index (χ2n) is 7.43. The second-order valence-corrected chi connectivity index (χ2v) is 8.48. The molecule has 0 aliphatic heterocycles. The summed E-state index contributed by atoms with van der Waals surface area (Å²) in [5.74, 6) is 0.344. The number of benzene rings is 1. The molecule has 4 rings (SSSR count). The molecule has 28 heavy (non-hydrogen) atoms. The molecule has 8 heteroatoms. The molecule has 0 amide bonds. The van der Waals surface area contributed by atoms with E-state index in [1.165, 1.54) is 26.4 Å². The molecule has 3 atom stereocenters. The van der Waals surface area contributed by atoms with E-state index >= 15 is 0 Å². The van der Waals surface area contributed by atoms with Gasteiger partial charge in [-0.3, -0.25) is 4.79 Å². The average molecular weight is 404 g/mol. The van der Waals surface area contributed by atoms with Crippen LogP contribution in [-0.2, 0) is 4.79 Å². The van der Waals surface area contributed by atoms with Crippen molar-refractivity contribution in [2.24, 2.45) is 10.8 Å². The van der Waals surface area contributed by atoms with Crippen molar-refractivity contribution in [2.75, 3.05) is 14.2 Å². The second kappa shape index (κ2) is 6.92. The lowest BCUT2D eigenvalue weighted by atomic mass is 9.98. The number of carbonyl (C=O) groups excluding carboxylic acids is 1. The fraction of sp³-hybridized carbons (Fsp3) is 0.450. The number of hydrogen-bond acceptors (Lipinski definition) is 7. The summed E-state index contributed by atoms with van der Waals surface area (Å²) in [7, 11) is 3.01. The van der Waals surface area contributed by atoms with Gasteiger partial charge in [0.15, 0.2) is 0 Å². The number of halogens is 1. The maximum Gasteiger partial charge on any atom is 0.323 e. The largest absolute Gasteiger partial charge is 0.481 e. The van der Waals surface area contributed by atoms with Gasteiger partial charge in [-0.15, -0.1) is 0 Å². The Morgan fingerprint density at radius 3 is 2.39 bits per heavy atom. The zero-order valence-corrected chi connectivity index (χ0v) is 16.7. The number of aromatic nitrogens is 2. The topological polar surface area (TPSA) is 70.5 Å². The predicted octanol–water partition coefficient (Wildman–Crippen LogP) is 3.89. The number of carbonyl (C=O) groups is 1. The van der Waals surface area contributed by atoms with Crippen LogP contribution >= 0.6 is 11.8 Å². The Morgan fingerprint density at radius 1 is 1.18 bits per heavy atom. The molecule has 0 radical (unpaired) electrons. The molecular weight excluding hydrogens is 383 g/mol. The molecule has 2 aromatic rings. The van der Waals surface area contributed by atoms with Gasteiger partial charge < -0.3 is 14.2 Å². The van der Waals surface area contributed by atoms with Crippen LogP contribution in [-0.4, -0.2) is 35.4 Å². The maximum absolute atomic E-state index is 13.2. The van der Waals surface area contributed by atoms with Crippen LogP contribution < -0.4 is 14.2 Å². The third kappa shape index (κ3) is 3.09. The third-order valence-electron chi connectivity index (χ3n) is 5.84. The molecule has 2 aliphatic carbocycles. The van der Waals surface area contributed by atoms with Gasteiger partial charge in [-0.2, -0.15) is 9.97 Å². The molecule has 0 spiro atoms. The molecule has 0 bridgehead atoms. The monoisotopic (exact) mass is 404 g/mol. The van der Waals surface area contributed by atoms with Gasteiger partial charge in [-0.1, -0.05) is 18.7 Å². The van der Waals surface area contributed by atoms with E-state index in [0.29, 0.717) is 11.8 Å². The molecule has 2 aliphatic rings. The molecule has 6 nitrogen and oxygen atoms in total. The Kier molecular flexibility index (Phi) is 4.69. The fourth-order valence-electron chi connectivity index (χ4n) is 4.16. The summed E-state index contributed by atoms with van der Waals surface area (Å²) in [5.41, 5.74) is -0.684. The summed E-state index contributed by atoms with van der Waals surface area (Å²) in [6.07, 6.45) is 2.08. The van der Waals surface area contributed by atoms with Crippen molar-refractivity contribution in [1.82, 2.24) is 9.97 Å². The van der Waals surface area contributed by atoms with E-state index in [2.05, 4.69) is 16.9 Å². The van der Waals surface area contributed by atoms with Crippen LogP contribution in [0.4, 0.5) is 4.39 Å². The van der Waals surface area contributed by atoms with Crippen LogP contribution in [0.2, 0.25) is 0 Å². The highest BCUT2D eigenvalue weighted by Gasteiger charge is 2.76. The van der Waals surface area contributed by atoms with E-state index in [4.69, 9.17) is 14.2 Å². The SMILES string of the molecule is COc1cc(OC)nc(OC2CCC3(C)CC23C(=O)Sc2ccc(F)cc2)n1. The molecule has 3 unspecified atom stereocenters.